The molecule has 0 radical (unpaired) electrons. The van der Waals surface area contributed by atoms with Crippen molar-refractivity contribution < 1.29 is 9.59 Å². The molecule has 1 unspecified atom stereocenters. The second-order valence-electron chi connectivity index (χ2n) is 7.20. The van der Waals surface area contributed by atoms with E-state index in [0.717, 1.165) is 44.8 Å². The predicted octanol–water partition coefficient (Wildman–Crippen LogP) is 2.08. The lowest BCUT2D eigenvalue weighted by molar-refractivity contribution is -0.139. The topological polar surface area (TPSA) is 47.1 Å². The van der Waals surface area contributed by atoms with E-state index in [2.05, 4.69) is 23.6 Å². The van der Waals surface area contributed by atoms with Crippen LogP contribution in [0, 0.1) is 0 Å². The van der Waals surface area contributed by atoms with Gasteiger partial charge in [-0.3, -0.25) is 19.4 Å². The Balaban J connectivity index is 2.01. The lowest BCUT2D eigenvalue weighted by Crippen LogP contribution is -2.54. The van der Waals surface area contributed by atoms with E-state index in [-0.39, 0.29) is 17.9 Å². The Labute approximate surface area is 170 Å². The molecule has 1 saturated heterocycles. The third-order valence-electron chi connectivity index (χ3n) is 5.69. The van der Waals surface area contributed by atoms with Gasteiger partial charge < -0.3 is 9.80 Å². The van der Waals surface area contributed by atoms with Gasteiger partial charge in [-0.15, -0.1) is 0 Å². The molecule has 0 aromatic heterocycles. The molecule has 2 rings (SSSR count). The van der Waals surface area contributed by atoms with Gasteiger partial charge in [0, 0.05) is 39.3 Å². The summed E-state index contributed by atoms with van der Waals surface area (Å²) in [6.07, 6.45) is 0. The fourth-order valence-corrected chi connectivity index (χ4v) is 3.90. The molecule has 0 spiro atoms. The van der Waals surface area contributed by atoms with Gasteiger partial charge in [0.15, 0.2) is 0 Å². The van der Waals surface area contributed by atoms with Gasteiger partial charge in [0.25, 0.3) is 0 Å². The van der Waals surface area contributed by atoms with E-state index in [1.54, 1.807) is 0 Å². The Hall–Kier alpha value is -1.92. The maximum absolute atomic E-state index is 13.4. The number of carbonyl (C=O) groups excluding carboxylic acids is 2. The molecule has 2 amide bonds. The number of hydrogen-bond donors (Lipinski definition) is 0. The van der Waals surface area contributed by atoms with Crippen molar-refractivity contribution in [2.24, 2.45) is 0 Å². The van der Waals surface area contributed by atoms with Crippen molar-refractivity contribution in [2.45, 2.75) is 33.7 Å². The third kappa shape index (κ3) is 5.55. The Morgan fingerprint density at radius 1 is 0.893 bits per heavy atom. The first-order valence-corrected chi connectivity index (χ1v) is 10.6. The molecule has 1 aromatic rings. The standard InChI is InChI=1S/C22H36N4O2/c1-5-24(6-2)20(27)18-23-14-16-26(17-15-23)22(28)21(25(7-3)8-4)19-12-10-9-11-13-19/h9-13,21H,5-8,14-18H2,1-4H3. The molecule has 1 aliphatic heterocycles. The van der Waals surface area contributed by atoms with Gasteiger partial charge >= 0.3 is 0 Å². The third-order valence-corrected chi connectivity index (χ3v) is 5.69. The Bertz CT molecular complexity index is 606. The van der Waals surface area contributed by atoms with Crippen LogP contribution < -0.4 is 0 Å². The normalized spacial score (nSPS) is 16.2. The molecule has 1 aliphatic rings. The molecule has 6 nitrogen and oxygen atoms in total. The van der Waals surface area contributed by atoms with Crippen molar-refractivity contribution in [3.63, 3.8) is 0 Å². The molecule has 28 heavy (non-hydrogen) atoms. The molecule has 0 saturated carbocycles. The van der Waals surface area contributed by atoms with Crippen LogP contribution in [-0.2, 0) is 9.59 Å². The number of nitrogens with zero attached hydrogens (tertiary/aromatic N) is 4. The molecular formula is C22H36N4O2. The van der Waals surface area contributed by atoms with Gasteiger partial charge in [-0.2, -0.15) is 0 Å². The number of hydrogen-bond acceptors (Lipinski definition) is 4. The lowest BCUT2D eigenvalue weighted by Gasteiger charge is -2.39. The van der Waals surface area contributed by atoms with Crippen molar-refractivity contribution in [1.82, 2.24) is 19.6 Å². The van der Waals surface area contributed by atoms with Crippen molar-refractivity contribution in [1.29, 1.82) is 0 Å². The van der Waals surface area contributed by atoms with Gasteiger partial charge in [-0.05, 0) is 32.5 Å². The van der Waals surface area contributed by atoms with Gasteiger partial charge in [0.05, 0.1) is 6.54 Å². The monoisotopic (exact) mass is 388 g/mol. The molecule has 1 heterocycles. The summed E-state index contributed by atoms with van der Waals surface area (Å²) in [6.45, 7) is 14.7. The first-order chi connectivity index (χ1) is 13.5. The zero-order valence-corrected chi connectivity index (χ0v) is 17.9. The largest absolute Gasteiger partial charge is 0.342 e. The smallest absolute Gasteiger partial charge is 0.244 e. The number of amides is 2. The highest BCUT2D eigenvalue weighted by molar-refractivity contribution is 5.83. The average molecular weight is 389 g/mol. The van der Waals surface area contributed by atoms with Crippen LogP contribution >= 0.6 is 0 Å². The number of benzene rings is 1. The summed E-state index contributed by atoms with van der Waals surface area (Å²) in [6, 6.07) is 9.82. The summed E-state index contributed by atoms with van der Waals surface area (Å²) in [5.74, 6) is 0.347. The summed E-state index contributed by atoms with van der Waals surface area (Å²) >= 11 is 0. The van der Waals surface area contributed by atoms with Crippen LogP contribution in [0.3, 0.4) is 0 Å². The number of carbonyl (C=O) groups is 2. The Morgan fingerprint density at radius 3 is 1.96 bits per heavy atom. The lowest BCUT2D eigenvalue weighted by atomic mass is 10.0. The van der Waals surface area contributed by atoms with Crippen LogP contribution in [-0.4, -0.2) is 90.3 Å². The summed E-state index contributed by atoms with van der Waals surface area (Å²) in [5.41, 5.74) is 1.05. The van der Waals surface area contributed by atoms with E-state index in [1.807, 2.05) is 54.0 Å². The summed E-state index contributed by atoms with van der Waals surface area (Å²) < 4.78 is 0. The second kappa shape index (κ2) is 11.2. The zero-order valence-electron chi connectivity index (χ0n) is 17.9. The first kappa shape index (κ1) is 22.4. The molecule has 6 heteroatoms. The van der Waals surface area contributed by atoms with E-state index in [0.29, 0.717) is 19.6 Å². The Kier molecular flexibility index (Phi) is 8.93. The van der Waals surface area contributed by atoms with Gasteiger partial charge in [0.2, 0.25) is 11.8 Å². The number of likely N-dealkylation sites (N-methyl/N-ethyl adjacent to an activating group) is 2. The summed E-state index contributed by atoms with van der Waals surface area (Å²) in [5, 5.41) is 0. The average Bonchev–Trinajstić information content (AvgIpc) is 2.73. The number of rotatable bonds is 9. The second-order valence-corrected chi connectivity index (χ2v) is 7.20. The zero-order chi connectivity index (χ0) is 20.5. The van der Waals surface area contributed by atoms with Gasteiger partial charge in [-0.25, -0.2) is 0 Å². The highest BCUT2D eigenvalue weighted by Crippen LogP contribution is 2.23. The van der Waals surface area contributed by atoms with Crippen LogP contribution in [0.15, 0.2) is 30.3 Å². The summed E-state index contributed by atoms with van der Waals surface area (Å²) in [7, 11) is 0. The molecule has 1 aromatic carbocycles. The highest BCUT2D eigenvalue weighted by Gasteiger charge is 2.32. The molecular weight excluding hydrogens is 352 g/mol. The van der Waals surface area contributed by atoms with E-state index < -0.39 is 0 Å². The minimum Gasteiger partial charge on any atom is -0.342 e. The maximum atomic E-state index is 13.4. The van der Waals surface area contributed by atoms with Crippen LogP contribution in [0.25, 0.3) is 0 Å². The van der Waals surface area contributed by atoms with E-state index in [4.69, 9.17) is 0 Å². The van der Waals surface area contributed by atoms with Crippen molar-refractivity contribution >= 4 is 11.8 Å². The molecule has 1 atom stereocenters. The van der Waals surface area contributed by atoms with E-state index >= 15 is 0 Å². The van der Waals surface area contributed by atoms with E-state index in [1.165, 1.54) is 0 Å². The van der Waals surface area contributed by atoms with Crippen LogP contribution in [0.2, 0.25) is 0 Å². The molecule has 0 aliphatic carbocycles. The first-order valence-electron chi connectivity index (χ1n) is 10.6. The quantitative estimate of drug-likeness (QED) is 0.650. The van der Waals surface area contributed by atoms with Crippen molar-refractivity contribution in [2.75, 3.05) is 58.9 Å². The fourth-order valence-electron chi connectivity index (χ4n) is 3.90. The van der Waals surface area contributed by atoms with Crippen LogP contribution in [0.4, 0.5) is 0 Å². The number of piperazine rings is 1. The molecule has 0 N–H and O–H groups in total. The maximum Gasteiger partial charge on any atom is 0.244 e. The Morgan fingerprint density at radius 2 is 1.46 bits per heavy atom. The minimum atomic E-state index is -0.236. The minimum absolute atomic E-state index is 0.171. The van der Waals surface area contributed by atoms with Crippen molar-refractivity contribution in [3.8, 4) is 0 Å². The van der Waals surface area contributed by atoms with Gasteiger partial charge in [0.1, 0.15) is 6.04 Å². The molecule has 1 fully saturated rings. The van der Waals surface area contributed by atoms with Crippen molar-refractivity contribution in [3.05, 3.63) is 35.9 Å². The SMILES string of the molecule is CCN(CC)C(=O)CN1CCN(C(=O)C(c2ccccc2)N(CC)CC)CC1. The van der Waals surface area contributed by atoms with Crippen LogP contribution in [0.5, 0.6) is 0 Å². The predicted molar refractivity (Wildman–Crippen MR) is 113 cm³/mol. The summed E-state index contributed by atoms with van der Waals surface area (Å²) in [4.78, 5) is 33.9. The molecule has 0 bridgehead atoms. The highest BCUT2D eigenvalue weighted by atomic mass is 16.2. The van der Waals surface area contributed by atoms with Crippen LogP contribution in [0.1, 0.15) is 39.3 Å². The van der Waals surface area contributed by atoms with E-state index in [9.17, 15) is 9.59 Å². The fraction of sp³-hybridized carbons (Fsp3) is 0.636. The molecule has 156 valence electrons. The van der Waals surface area contributed by atoms with Gasteiger partial charge in [-0.1, -0.05) is 44.2 Å².